The van der Waals surface area contributed by atoms with Crippen molar-refractivity contribution in [3.8, 4) is 6.07 Å². The smallest absolute Gasteiger partial charge is 0.316 e. The summed E-state index contributed by atoms with van der Waals surface area (Å²) in [7, 11) is 3.36. The molecule has 6 heteroatoms. The van der Waals surface area contributed by atoms with Crippen LogP contribution in [0.15, 0.2) is 18.2 Å². The number of nitrogens with one attached hydrogen (secondary N) is 2. The molecule has 18 heavy (non-hydrogen) atoms. The van der Waals surface area contributed by atoms with E-state index in [9.17, 15) is 4.79 Å². The first-order chi connectivity index (χ1) is 8.54. The van der Waals surface area contributed by atoms with Gasteiger partial charge in [-0.15, -0.1) is 0 Å². The zero-order valence-corrected chi connectivity index (χ0v) is 11.1. The zero-order valence-electron chi connectivity index (χ0n) is 10.3. The van der Waals surface area contributed by atoms with Crippen molar-refractivity contribution < 1.29 is 4.79 Å². The summed E-state index contributed by atoms with van der Waals surface area (Å²) in [6, 6.07) is 6.91. The Balaban J connectivity index is 2.41. The molecule has 0 aliphatic heterocycles. The van der Waals surface area contributed by atoms with Crippen molar-refractivity contribution in [1.82, 2.24) is 10.2 Å². The highest BCUT2D eigenvalue weighted by atomic mass is 35.5. The first-order valence-electron chi connectivity index (χ1n) is 5.43. The molecule has 0 aliphatic carbocycles. The average molecular weight is 267 g/mol. The lowest BCUT2D eigenvalue weighted by Crippen LogP contribution is -2.37. The Morgan fingerprint density at radius 3 is 2.72 bits per heavy atom. The third-order valence-corrected chi connectivity index (χ3v) is 2.53. The second-order valence-electron chi connectivity index (χ2n) is 3.86. The van der Waals surface area contributed by atoms with Crippen LogP contribution in [0.2, 0.25) is 5.02 Å². The van der Waals surface area contributed by atoms with Crippen LogP contribution >= 0.6 is 11.6 Å². The van der Waals surface area contributed by atoms with Gasteiger partial charge in [-0.1, -0.05) is 11.6 Å². The summed E-state index contributed by atoms with van der Waals surface area (Å²) in [6.45, 7) is 1.05. The van der Waals surface area contributed by atoms with Gasteiger partial charge in [-0.05, 0) is 18.2 Å². The fraction of sp³-hybridized carbons (Fsp3) is 0.333. The van der Waals surface area contributed by atoms with E-state index in [1.54, 1.807) is 32.3 Å². The summed E-state index contributed by atoms with van der Waals surface area (Å²) in [6.07, 6.45) is 0. The number of carbonyl (C=O) groups is 1. The number of amides is 2. The molecule has 1 aromatic rings. The van der Waals surface area contributed by atoms with E-state index in [2.05, 4.69) is 10.6 Å². The topological polar surface area (TPSA) is 68.2 Å². The summed E-state index contributed by atoms with van der Waals surface area (Å²) in [5, 5.41) is 15.0. The van der Waals surface area contributed by atoms with Crippen LogP contribution in [0.5, 0.6) is 0 Å². The van der Waals surface area contributed by atoms with Gasteiger partial charge in [-0.3, -0.25) is 0 Å². The van der Waals surface area contributed by atoms with Crippen molar-refractivity contribution in [3.05, 3.63) is 28.8 Å². The van der Waals surface area contributed by atoms with Crippen LogP contribution in [-0.2, 0) is 0 Å². The molecule has 0 spiro atoms. The first kappa shape index (κ1) is 14.1. The predicted molar refractivity (Wildman–Crippen MR) is 71.7 cm³/mol. The highest BCUT2D eigenvalue weighted by Gasteiger charge is 2.03. The van der Waals surface area contributed by atoms with Crippen LogP contribution < -0.4 is 10.6 Å². The van der Waals surface area contributed by atoms with E-state index >= 15 is 0 Å². The zero-order chi connectivity index (χ0) is 13.5. The quantitative estimate of drug-likeness (QED) is 0.818. The molecular formula is C12H15ClN4O. The number of benzene rings is 1. The van der Waals surface area contributed by atoms with Crippen molar-refractivity contribution in [2.45, 2.75) is 0 Å². The van der Waals surface area contributed by atoms with E-state index in [1.165, 1.54) is 4.90 Å². The SMILES string of the molecule is CN(C)C(=O)NCCNc1ccc(C#N)cc1Cl. The van der Waals surface area contributed by atoms with Crippen molar-refractivity contribution in [2.75, 3.05) is 32.5 Å². The summed E-state index contributed by atoms with van der Waals surface area (Å²) < 4.78 is 0. The van der Waals surface area contributed by atoms with Gasteiger partial charge in [0.1, 0.15) is 0 Å². The van der Waals surface area contributed by atoms with E-state index in [4.69, 9.17) is 16.9 Å². The molecule has 0 fully saturated rings. The van der Waals surface area contributed by atoms with Crippen LogP contribution in [0, 0.1) is 11.3 Å². The summed E-state index contributed by atoms with van der Waals surface area (Å²) in [5.74, 6) is 0. The summed E-state index contributed by atoms with van der Waals surface area (Å²) in [5.41, 5.74) is 1.27. The molecule has 1 rings (SSSR count). The maximum atomic E-state index is 11.2. The van der Waals surface area contributed by atoms with E-state index in [1.807, 2.05) is 6.07 Å². The van der Waals surface area contributed by atoms with Crippen LogP contribution in [0.4, 0.5) is 10.5 Å². The van der Waals surface area contributed by atoms with Gasteiger partial charge in [0, 0.05) is 27.2 Å². The number of urea groups is 1. The molecule has 0 saturated carbocycles. The molecule has 1 aromatic carbocycles. The molecule has 5 nitrogen and oxygen atoms in total. The number of anilines is 1. The normalized spacial score (nSPS) is 9.44. The maximum absolute atomic E-state index is 11.2. The summed E-state index contributed by atoms with van der Waals surface area (Å²) in [4.78, 5) is 12.7. The van der Waals surface area contributed by atoms with E-state index in [0.717, 1.165) is 5.69 Å². The number of nitrogens with zero attached hydrogens (tertiary/aromatic N) is 2. The Bertz CT molecular complexity index is 468. The lowest BCUT2D eigenvalue weighted by Gasteiger charge is -2.13. The number of hydrogen-bond donors (Lipinski definition) is 2. The molecule has 0 bridgehead atoms. The monoisotopic (exact) mass is 266 g/mol. The highest BCUT2D eigenvalue weighted by molar-refractivity contribution is 6.33. The van der Waals surface area contributed by atoms with Crippen LogP contribution in [-0.4, -0.2) is 38.1 Å². The lowest BCUT2D eigenvalue weighted by molar-refractivity contribution is 0.218. The third-order valence-electron chi connectivity index (χ3n) is 2.22. The number of hydrogen-bond acceptors (Lipinski definition) is 3. The van der Waals surface area contributed by atoms with Gasteiger partial charge >= 0.3 is 6.03 Å². The second-order valence-corrected chi connectivity index (χ2v) is 4.27. The third kappa shape index (κ3) is 4.15. The van der Waals surface area contributed by atoms with Crippen LogP contribution in [0.25, 0.3) is 0 Å². The number of rotatable bonds is 4. The molecule has 0 heterocycles. The molecule has 0 atom stereocenters. The van der Waals surface area contributed by atoms with E-state index < -0.39 is 0 Å². The molecule has 0 unspecified atom stereocenters. The standard InChI is InChI=1S/C12H15ClN4O/c1-17(2)12(18)16-6-5-15-11-4-3-9(8-14)7-10(11)13/h3-4,7,15H,5-6H2,1-2H3,(H,16,18). The van der Waals surface area contributed by atoms with Crippen molar-refractivity contribution >= 4 is 23.3 Å². The average Bonchev–Trinajstić information content (AvgIpc) is 2.35. The van der Waals surface area contributed by atoms with Gasteiger partial charge in [0.25, 0.3) is 0 Å². The largest absolute Gasteiger partial charge is 0.382 e. The molecule has 2 amide bonds. The second kappa shape index (κ2) is 6.72. The fourth-order valence-electron chi connectivity index (χ4n) is 1.25. The van der Waals surface area contributed by atoms with Gasteiger partial charge in [0.2, 0.25) is 0 Å². The van der Waals surface area contributed by atoms with Crippen molar-refractivity contribution in [3.63, 3.8) is 0 Å². The van der Waals surface area contributed by atoms with Crippen LogP contribution in [0.3, 0.4) is 0 Å². The summed E-state index contributed by atoms with van der Waals surface area (Å²) >= 11 is 5.99. The Hall–Kier alpha value is -1.93. The lowest BCUT2D eigenvalue weighted by atomic mass is 10.2. The molecule has 0 aromatic heterocycles. The van der Waals surface area contributed by atoms with Crippen molar-refractivity contribution in [1.29, 1.82) is 5.26 Å². The van der Waals surface area contributed by atoms with Gasteiger partial charge < -0.3 is 15.5 Å². The van der Waals surface area contributed by atoms with Crippen molar-refractivity contribution in [2.24, 2.45) is 0 Å². The first-order valence-corrected chi connectivity index (χ1v) is 5.81. The van der Waals surface area contributed by atoms with Gasteiger partial charge in [-0.2, -0.15) is 5.26 Å². The van der Waals surface area contributed by atoms with Gasteiger partial charge in [-0.25, -0.2) is 4.79 Å². The maximum Gasteiger partial charge on any atom is 0.316 e. The minimum absolute atomic E-state index is 0.136. The number of nitriles is 1. The molecule has 0 aliphatic rings. The van der Waals surface area contributed by atoms with E-state index in [-0.39, 0.29) is 6.03 Å². The number of carbonyl (C=O) groups excluding carboxylic acids is 1. The Morgan fingerprint density at radius 1 is 1.44 bits per heavy atom. The molecule has 96 valence electrons. The molecule has 2 N–H and O–H groups in total. The molecule has 0 saturated heterocycles. The van der Waals surface area contributed by atoms with Crippen LogP contribution in [0.1, 0.15) is 5.56 Å². The fourth-order valence-corrected chi connectivity index (χ4v) is 1.50. The molecular weight excluding hydrogens is 252 g/mol. The predicted octanol–water partition coefficient (Wildman–Crippen LogP) is 1.89. The number of halogens is 1. The van der Waals surface area contributed by atoms with E-state index in [0.29, 0.717) is 23.7 Å². The Morgan fingerprint density at radius 2 is 2.17 bits per heavy atom. The molecule has 0 radical (unpaired) electrons. The minimum atomic E-state index is -0.136. The van der Waals surface area contributed by atoms with Gasteiger partial charge in [0.15, 0.2) is 0 Å². The minimum Gasteiger partial charge on any atom is -0.382 e. The highest BCUT2D eigenvalue weighted by Crippen LogP contribution is 2.22. The Kier molecular flexibility index (Phi) is 5.28. The van der Waals surface area contributed by atoms with Gasteiger partial charge in [0.05, 0.1) is 22.3 Å². The Labute approximate surface area is 111 Å².